The molecule has 0 radical (unpaired) electrons. The number of benzene rings is 2. The second-order valence-corrected chi connectivity index (χ2v) is 11.7. The summed E-state index contributed by atoms with van der Waals surface area (Å²) in [7, 11) is -3.76. The number of para-hydroxylation sites is 1. The van der Waals surface area contributed by atoms with E-state index in [1.807, 2.05) is 38.1 Å². The van der Waals surface area contributed by atoms with Crippen LogP contribution in [0.1, 0.15) is 39.2 Å². The van der Waals surface area contributed by atoms with E-state index in [-0.39, 0.29) is 49.4 Å². The van der Waals surface area contributed by atoms with E-state index >= 15 is 0 Å². The number of carbonyl (C=O) groups excluding carboxylic acids is 2. The molecule has 0 aliphatic carbocycles. The molecule has 0 fully saturated rings. The average molecular weight is 571 g/mol. The fourth-order valence-electron chi connectivity index (χ4n) is 3.46. The maximum absolute atomic E-state index is 14.2. The van der Waals surface area contributed by atoms with E-state index in [0.717, 1.165) is 20.6 Å². The van der Waals surface area contributed by atoms with Crippen LogP contribution >= 0.6 is 15.9 Å². The van der Waals surface area contributed by atoms with Gasteiger partial charge in [-0.1, -0.05) is 54.0 Å². The largest absolute Gasteiger partial charge is 0.354 e. The minimum atomic E-state index is -3.76. The standard InChI is InChI=1S/C25H33BrFN3O4S/c1-18(2)16-28-25(32)19(3)29(17-20-11-13-21(26)14-12-20)24(31)10-7-15-30(35(4,33)34)23-9-6-5-8-22(23)27/h5-6,8-9,11-14,18-19H,7,10,15-17H2,1-4H3,(H,28,32)/t19-/m0/s1. The van der Waals surface area contributed by atoms with Crippen molar-refractivity contribution in [3.63, 3.8) is 0 Å². The molecule has 2 aromatic carbocycles. The SMILES string of the molecule is CC(C)CNC(=O)[C@H](C)N(Cc1ccc(Br)cc1)C(=O)CCCN(c1ccccc1F)S(C)(=O)=O. The molecule has 0 saturated heterocycles. The summed E-state index contributed by atoms with van der Waals surface area (Å²) in [6, 6.07) is 12.4. The van der Waals surface area contributed by atoms with E-state index in [9.17, 15) is 22.4 Å². The van der Waals surface area contributed by atoms with Gasteiger partial charge in [-0.25, -0.2) is 12.8 Å². The summed E-state index contributed by atoms with van der Waals surface area (Å²) < 4.78 is 40.7. The van der Waals surface area contributed by atoms with Crippen LogP contribution < -0.4 is 9.62 Å². The van der Waals surface area contributed by atoms with Crippen LogP contribution in [0.5, 0.6) is 0 Å². The van der Waals surface area contributed by atoms with Gasteiger partial charge in [0.2, 0.25) is 21.8 Å². The first-order valence-corrected chi connectivity index (χ1v) is 14.1. The Kier molecular flexibility index (Phi) is 10.7. The third-order valence-electron chi connectivity index (χ3n) is 5.39. The molecule has 35 heavy (non-hydrogen) atoms. The summed E-state index contributed by atoms with van der Waals surface area (Å²) in [4.78, 5) is 27.5. The van der Waals surface area contributed by atoms with Crippen molar-refractivity contribution in [3.05, 3.63) is 64.4 Å². The average Bonchev–Trinajstić information content (AvgIpc) is 2.79. The zero-order valence-electron chi connectivity index (χ0n) is 20.5. The number of amides is 2. The lowest BCUT2D eigenvalue weighted by Gasteiger charge is -2.29. The van der Waals surface area contributed by atoms with Gasteiger partial charge in [-0.15, -0.1) is 0 Å². The van der Waals surface area contributed by atoms with E-state index in [2.05, 4.69) is 21.2 Å². The minimum Gasteiger partial charge on any atom is -0.354 e. The predicted molar refractivity (Wildman–Crippen MR) is 140 cm³/mol. The number of carbonyl (C=O) groups is 2. The Bertz CT molecular complexity index is 1110. The van der Waals surface area contributed by atoms with Crippen LogP contribution in [0, 0.1) is 11.7 Å². The summed E-state index contributed by atoms with van der Waals surface area (Å²) in [5.74, 6) is -0.936. The van der Waals surface area contributed by atoms with Gasteiger partial charge in [0.05, 0.1) is 11.9 Å². The zero-order valence-corrected chi connectivity index (χ0v) is 22.9. The van der Waals surface area contributed by atoms with Gasteiger partial charge in [0.25, 0.3) is 0 Å². The highest BCUT2D eigenvalue weighted by Crippen LogP contribution is 2.22. The van der Waals surface area contributed by atoms with Gasteiger partial charge in [0.15, 0.2) is 0 Å². The van der Waals surface area contributed by atoms with Crippen molar-refractivity contribution < 1.29 is 22.4 Å². The van der Waals surface area contributed by atoms with Crippen molar-refractivity contribution in [1.29, 1.82) is 0 Å². The Morgan fingerprint density at radius 1 is 1.06 bits per heavy atom. The van der Waals surface area contributed by atoms with Crippen LogP contribution in [0.3, 0.4) is 0 Å². The van der Waals surface area contributed by atoms with Crippen LogP contribution in [0.15, 0.2) is 53.0 Å². The molecule has 0 heterocycles. The highest BCUT2D eigenvalue weighted by Gasteiger charge is 2.27. The Hall–Kier alpha value is -2.46. The molecule has 0 unspecified atom stereocenters. The van der Waals surface area contributed by atoms with Gasteiger partial charge >= 0.3 is 0 Å². The highest BCUT2D eigenvalue weighted by atomic mass is 79.9. The third-order valence-corrected chi connectivity index (χ3v) is 7.10. The van der Waals surface area contributed by atoms with Crippen LogP contribution in [-0.2, 0) is 26.2 Å². The number of nitrogens with one attached hydrogen (secondary N) is 1. The maximum Gasteiger partial charge on any atom is 0.242 e. The van der Waals surface area contributed by atoms with E-state index in [0.29, 0.717) is 6.54 Å². The molecule has 0 spiro atoms. The first-order chi connectivity index (χ1) is 16.4. The first kappa shape index (κ1) is 28.8. The van der Waals surface area contributed by atoms with Gasteiger partial charge in [-0.05, 0) is 49.1 Å². The molecular formula is C25H33BrFN3O4S. The van der Waals surface area contributed by atoms with Crippen molar-refractivity contribution in [1.82, 2.24) is 10.2 Å². The zero-order chi connectivity index (χ0) is 26.2. The van der Waals surface area contributed by atoms with Gasteiger partial charge < -0.3 is 10.2 Å². The lowest BCUT2D eigenvalue weighted by atomic mass is 10.1. The molecular weight excluding hydrogens is 537 g/mol. The molecule has 192 valence electrons. The molecule has 1 N–H and O–H groups in total. The second-order valence-electron chi connectivity index (χ2n) is 8.85. The number of sulfonamides is 1. The third kappa shape index (κ3) is 8.92. The molecule has 7 nitrogen and oxygen atoms in total. The Morgan fingerprint density at radius 3 is 2.26 bits per heavy atom. The van der Waals surface area contributed by atoms with Crippen LogP contribution in [0.2, 0.25) is 0 Å². The number of hydrogen-bond donors (Lipinski definition) is 1. The second kappa shape index (κ2) is 13.0. The molecule has 10 heteroatoms. The van der Waals surface area contributed by atoms with Crippen molar-refractivity contribution in [2.45, 2.75) is 46.2 Å². The van der Waals surface area contributed by atoms with Crippen molar-refractivity contribution in [3.8, 4) is 0 Å². The Morgan fingerprint density at radius 2 is 1.69 bits per heavy atom. The monoisotopic (exact) mass is 569 g/mol. The molecule has 0 aliphatic heterocycles. The Balaban J connectivity index is 2.16. The van der Waals surface area contributed by atoms with Gasteiger partial charge in [0.1, 0.15) is 11.9 Å². The van der Waals surface area contributed by atoms with Gasteiger partial charge in [0, 0.05) is 30.5 Å². The minimum absolute atomic E-state index is 0.00119. The highest BCUT2D eigenvalue weighted by molar-refractivity contribution is 9.10. The normalized spacial score (nSPS) is 12.3. The van der Waals surface area contributed by atoms with Crippen LogP contribution in [0.4, 0.5) is 10.1 Å². The van der Waals surface area contributed by atoms with E-state index < -0.39 is 21.9 Å². The summed E-state index contributed by atoms with van der Waals surface area (Å²) in [5.41, 5.74) is 0.796. The first-order valence-electron chi connectivity index (χ1n) is 11.4. The van der Waals surface area contributed by atoms with E-state index in [1.165, 1.54) is 23.1 Å². The molecule has 2 amide bonds. The topological polar surface area (TPSA) is 86.8 Å². The Labute approximate surface area is 215 Å². The summed E-state index contributed by atoms with van der Waals surface area (Å²) in [5, 5.41) is 2.86. The van der Waals surface area contributed by atoms with E-state index in [4.69, 9.17) is 0 Å². The van der Waals surface area contributed by atoms with Crippen molar-refractivity contribution in [2.24, 2.45) is 5.92 Å². The lowest BCUT2D eigenvalue weighted by molar-refractivity contribution is -0.140. The number of hydrogen-bond acceptors (Lipinski definition) is 4. The van der Waals surface area contributed by atoms with Crippen LogP contribution in [-0.4, -0.2) is 50.5 Å². The lowest BCUT2D eigenvalue weighted by Crippen LogP contribution is -2.48. The molecule has 1 atom stereocenters. The smallest absolute Gasteiger partial charge is 0.242 e. The molecule has 2 aromatic rings. The number of rotatable bonds is 12. The van der Waals surface area contributed by atoms with Gasteiger partial charge in [-0.2, -0.15) is 0 Å². The fraction of sp³-hybridized carbons (Fsp3) is 0.440. The number of nitrogens with zero attached hydrogens (tertiary/aromatic N) is 2. The fourth-order valence-corrected chi connectivity index (χ4v) is 4.69. The summed E-state index contributed by atoms with van der Waals surface area (Å²) in [6.45, 7) is 6.30. The quantitative estimate of drug-likeness (QED) is 0.412. The maximum atomic E-state index is 14.2. The van der Waals surface area contributed by atoms with Crippen molar-refractivity contribution in [2.75, 3.05) is 23.7 Å². The molecule has 0 saturated carbocycles. The summed E-state index contributed by atoms with van der Waals surface area (Å²) >= 11 is 3.39. The summed E-state index contributed by atoms with van der Waals surface area (Å²) in [6.07, 6.45) is 1.17. The predicted octanol–water partition coefficient (Wildman–Crippen LogP) is 4.32. The molecule has 2 rings (SSSR count). The van der Waals surface area contributed by atoms with Crippen molar-refractivity contribution >= 4 is 43.5 Å². The molecule has 0 aromatic heterocycles. The number of anilines is 1. The van der Waals surface area contributed by atoms with Crippen LogP contribution in [0.25, 0.3) is 0 Å². The van der Waals surface area contributed by atoms with Gasteiger partial charge in [-0.3, -0.25) is 13.9 Å². The number of halogens is 2. The molecule has 0 bridgehead atoms. The van der Waals surface area contributed by atoms with E-state index in [1.54, 1.807) is 13.0 Å². The molecule has 0 aliphatic rings.